The molecule has 0 unspecified atom stereocenters. The predicted octanol–water partition coefficient (Wildman–Crippen LogP) is 1.46. The number of amides is 1. The van der Waals surface area contributed by atoms with E-state index in [9.17, 15) is 4.79 Å². The molecule has 2 fully saturated rings. The molecule has 1 N–H and O–H groups in total. The van der Waals surface area contributed by atoms with Crippen molar-refractivity contribution in [3.8, 4) is 0 Å². The summed E-state index contributed by atoms with van der Waals surface area (Å²) in [5.74, 6) is 0.990. The molecule has 1 saturated carbocycles. The van der Waals surface area contributed by atoms with Crippen molar-refractivity contribution in [2.75, 3.05) is 0 Å². The van der Waals surface area contributed by atoms with Gasteiger partial charge in [0.25, 0.3) is 0 Å². The molecule has 1 amide bonds. The van der Waals surface area contributed by atoms with Gasteiger partial charge in [0.05, 0.1) is 0 Å². The largest absolute Gasteiger partial charge is 0.353 e. The van der Waals surface area contributed by atoms with Gasteiger partial charge in [-0.3, -0.25) is 4.79 Å². The van der Waals surface area contributed by atoms with E-state index >= 15 is 0 Å². The Kier molecular flexibility index (Phi) is 1.84. The summed E-state index contributed by atoms with van der Waals surface area (Å²) in [7, 11) is 0. The van der Waals surface area contributed by atoms with Crippen LogP contribution >= 0.6 is 0 Å². The van der Waals surface area contributed by atoms with Gasteiger partial charge in [-0.1, -0.05) is 12.8 Å². The third-order valence-electron chi connectivity index (χ3n) is 2.87. The van der Waals surface area contributed by atoms with Crippen molar-refractivity contribution in [2.24, 2.45) is 5.92 Å². The molecule has 1 saturated heterocycles. The topological polar surface area (TPSA) is 29.1 Å². The van der Waals surface area contributed by atoms with E-state index in [0.717, 1.165) is 6.42 Å². The lowest BCUT2D eigenvalue weighted by atomic mass is 9.91. The van der Waals surface area contributed by atoms with Crippen molar-refractivity contribution in [2.45, 2.75) is 44.6 Å². The maximum atomic E-state index is 11.1. The zero-order valence-electron chi connectivity index (χ0n) is 6.81. The maximum Gasteiger partial charge on any atom is 0.220 e. The summed E-state index contributed by atoms with van der Waals surface area (Å²) in [6.45, 7) is 0. The van der Waals surface area contributed by atoms with Crippen LogP contribution in [0.5, 0.6) is 0 Å². The Balaban J connectivity index is 2.04. The van der Waals surface area contributed by atoms with Crippen molar-refractivity contribution in [1.82, 2.24) is 5.32 Å². The van der Waals surface area contributed by atoms with E-state index in [4.69, 9.17) is 0 Å². The monoisotopic (exact) mass is 153 g/mol. The van der Waals surface area contributed by atoms with Crippen LogP contribution in [0.4, 0.5) is 0 Å². The maximum absolute atomic E-state index is 11.1. The predicted molar refractivity (Wildman–Crippen MR) is 43.1 cm³/mol. The van der Waals surface area contributed by atoms with Crippen LogP contribution < -0.4 is 5.32 Å². The van der Waals surface area contributed by atoms with Gasteiger partial charge in [-0.2, -0.15) is 0 Å². The highest BCUT2D eigenvalue weighted by atomic mass is 16.1. The molecule has 1 aliphatic heterocycles. The quantitative estimate of drug-likeness (QED) is 0.560. The second kappa shape index (κ2) is 2.84. The number of carbonyl (C=O) groups is 1. The molecule has 1 aliphatic carbocycles. The van der Waals surface area contributed by atoms with Crippen molar-refractivity contribution in [3.05, 3.63) is 0 Å². The third kappa shape index (κ3) is 1.55. The fraction of sp³-hybridized carbons (Fsp3) is 0.889. The minimum Gasteiger partial charge on any atom is -0.353 e. The molecule has 0 aromatic heterocycles. The molecular formula is C9H15NO. The van der Waals surface area contributed by atoms with E-state index in [0.29, 0.717) is 12.0 Å². The van der Waals surface area contributed by atoms with Gasteiger partial charge in [0.15, 0.2) is 0 Å². The average molecular weight is 153 g/mol. The molecule has 2 bridgehead atoms. The highest BCUT2D eigenvalue weighted by Crippen LogP contribution is 2.28. The molecule has 2 nitrogen and oxygen atoms in total. The van der Waals surface area contributed by atoms with Crippen molar-refractivity contribution in [1.29, 1.82) is 0 Å². The van der Waals surface area contributed by atoms with E-state index in [1.165, 1.54) is 32.1 Å². The van der Waals surface area contributed by atoms with Gasteiger partial charge < -0.3 is 5.32 Å². The van der Waals surface area contributed by atoms with E-state index < -0.39 is 0 Å². The molecule has 0 radical (unpaired) electrons. The normalized spacial score (nSPS) is 37.6. The smallest absolute Gasteiger partial charge is 0.220 e. The molecule has 2 aliphatic rings. The van der Waals surface area contributed by atoms with Gasteiger partial charge in [0.2, 0.25) is 5.91 Å². The van der Waals surface area contributed by atoms with Crippen LogP contribution in [0.25, 0.3) is 0 Å². The van der Waals surface area contributed by atoms with E-state index in [1.54, 1.807) is 0 Å². The number of nitrogens with one attached hydrogen (secondary N) is 1. The van der Waals surface area contributed by atoms with Crippen LogP contribution in [0.2, 0.25) is 0 Å². The van der Waals surface area contributed by atoms with Crippen LogP contribution in [0.15, 0.2) is 0 Å². The summed E-state index contributed by atoms with van der Waals surface area (Å²) in [5.41, 5.74) is 0. The Labute approximate surface area is 67.4 Å². The Morgan fingerprint density at radius 2 is 2.09 bits per heavy atom. The Morgan fingerprint density at radius 1 is 1.27 bits per heavy atom. The molecule has 0 aromatic carbocycles. The summed E-state index contributed by atoms with van der Waals surface area (Å²) >= 11 is 0. The van der Waals surface area contributed by atoms with Gasteiger partial charge >= 0.3 is 0 Å². The Bertz CT molecular complexity index is 151. The number of hydrogen-bond donors (Lipinski definition) is 1. The molecule has 0 spiro atoms. The standard InChI is InChI=1S/C9H15NO/c11-9-6-7-3-1-2-4-8(5-7)10-9/h7-8H,1-6H2,(H,10,11)/t7-,8+/m0/s1. The summed E-state index contributed by atoms with van der Waals surface area (Å²) in [6.07, 6.45) is 7.16. The lowest BCUT2D eigenvalue weighted by Crippen LogP contribution is -2.41. The zero-order chi connectivity index (χ0) is 7.68. The lowest BCUT2D eigenvalue weighted by Gasteiger charge is -2.26. The number of piperidine rings is 1. The van der Waals surface area contributed by atoms with Crippen LogP contribution in [-0.2, 0) is 4.79 Å². The minimum atomic E-state index is 0.285. The van der Waals surface area contributed by atoms with Crippen LogP contribution in [0, 0.1) is 5.92 Å². The second-order valence-electron chi connectivity index (χ2n) is 3.85. The Morgan fingerprint density at radius 3 is 3.00 bits per heavy atom. The summed E-state index contributed by atoms with van der Waals surface area (Å²) in [5, 5.41) is 3.05. The van der Waals surface area contributed by atoms with Crippen LogP contribution in [0.1, 0.15) is 38.5 Å². The molecule has 2 atom stereocenters. The van der Waals surface area contributed by atoms with Crippen LogP contribution in [-0.4, -0.2) is 11.9 Å². The van der Waals surface area contributed by atoms with E-state index in [2.05, 4.69) is 5.32 Å². The summed E-state index contributed by atoms with van der Waals surface area (Å²) in [4.78, 5) is 11.1. The summed E-state index contributed by atoms with van der Waals surface area (Å²) in [6, 6.07) is 0.517. The number of fused-ring (bicyclic) bond motifs is 2. The molecule has 0 aromatic rings. The molecule has 2 rings (SSSR count). The Hall–Kier alpha value is -0.530. The fourth-order valence-electron chi connectivity index (χ4n) is 2.33. The molecule has 62 valence electrons. The number of rotatable bonds is 0. The second-order valence-corrected chi connectivity index (χ2v) is 3.85. The highest BCUT2D eigenvalue weighted by Gasteiger charge is 2.27. The first-order valence-electron chi connectivity index (χ1n) is 4.64. The third-order valence-corrected chi connectivity index (χ3v) is 2.87. The first-order valence-corrected chi connectivity index (χ1v) is 4.64. The number of hydrogen-bond acceptors (Lipinski definition) is 1. The number of carbonyl (C=O) groups excluding carboxylic acids is 1. The van der Waals surface area contributed by atoms with Crippen molar-refractivity contribution < 1.29 is 4.79 Å². The average Bonchev–Trinajstić information content (AvgIpc) is 2.11. The minimum absolute atomic E-state index is 0.285. The molecule has 1 heterocycles. The first-order chi connectivity index (χ1) is 5.34. The first kappa shape index (κ1) is 7.14. The van der Waals surface area contributed by atoms with Gasteiger partial charge in [-0.15, -0.1) is 0 Å². The van der Waals surface area contributed by atoms with Crippen molar-refractivity contribution >= 4 is 5.91 Å². The summed E-state index contributed by atoms with van der Waals surface area (Å²) < 4.78 is 0. The van der Waals surface area contributed by atoms with Gasteiger partial charge in [0.1, 0.15) is 0 Å². The van der Waals surface area contributed by atoms with Gasteiger partial charge in [0, 0.05) is 12.5 Å². The van der Waals surface area contributed by atoms with E-state index in [-0.39, 0.29) is 5.91 Å². The van der Waals surface area contributed by atoms with E-state index in [1.807, 2.05) is 0 Å². The van der Waals surface area contributed by atoms with Gasteiger partial charge in [-0.05, 0) is 25.2 Å². The molecular weight excluding hydrogens is 138 g/mol. The fourth-order valence-corrected chi connectivity index (χ4v) is 2.33. The highest BCUT2D eigenvalue weighted by molar-refractivity contribution is 5.77. The van der Waals surface area contributed by atoms with Crippen molar-refractivity contribution in [3.63, 3.8) is 0 Å². The van der Waals surface area contributed by atoms with Crippen LogP contribution in [0.3, 0.4) is 0 Å². The molecule has 2 heteroatoms. The van der Waals surface area contributed by atoms with Gasteiger partial charge in [-0.25, -0.2) is 0 Å². The SMILES string of the molecule is O=C1C[C@H]2CCCC[C@H](C2)N1. The molecule has 11 heavy (non-hydrogen) atoms. The zero-order valence-corrected chi connectivity index (χ0v) is 6.81. The lowest BCUT2D eigenvalue weighted by molar-refractivity contribution is -0.124.